The number of benzene rings is 2. The number of hydrogen-bond donors (Lipinski definition) is 0. The Morgan fingerprint density at radius 1 is 0.913 bits per heavy atom. The monoisotopic (exact) mass is 370 g/mol. The van der Waals surface area contributed by atoms with Gasteiger partial charge in [0, 0.05) is 48.4 Å². The summed E-state index contributed by atoms with van der Waals surface area (Å²) in [6.45, 7) is 3.41. The molecule has 2 heterocycles. The Balaban J connectivity index is 0.00000135. The number of nitrogens with zero attached hydrogens (tertiary/aromatic N) is 2. The minimum Gasteiger partial charge on any atom is -0.370 e. The number of rotatable bonds is 1. The van der Waals surface area contributed by atoms with Crippen molar-refractivity contribution in [3.63, 3.8) is 0 Å². The molecule has 2 fully saturated rings. The van der Waals surface area contributed by atoms with Crippen molar-refractivity contribution < 1.29 is 4.79 Å². The number of hydrogen-bond acceptors (Lipinski definition) is 3. The Labute approximate surface area is 146 Å². The highest BCUT2D eigenvalue weighted by molar-refractivity contribution is 8.93. The van der Waals surface area contributed by atoms with Gasteiger partial charge in [0.1, 0.15) is 0 Å². The van der Waals surface area contributed by atoms with Gasteiger partial charge in [-0.1, -0.05) is 30.3 Å². The molecule has 1 aliphatic carbocycles. The molecular formula is C19H19BrN2O. The lowest BCUT2D eigenvalue weighted by Gasteiger charge is -2.40. The molecule has 2 aliphatic heterocycles. The van der Waals surface area contributed by atoms with E-state index in [-0.39, 0.29) is 22.8 Å². The highest BCUT2D eigenvalue weighted by atomic mass is 79.9. The van der Waals surface area contributed by atoms with Gasteiger partial charge in [0.05, 0.1) is 0 Å². The highest BCUT2D eigenvalue weighted by Crippen LogP contribution is 2.40. The molecule has 0 amide bonds. The van der Waals surface area contributed by atoms with E-state index in [0.29, 0.717) is 6.04 Å². The predicted molar refractivity (Wildman–Crippen MR) is 97.8 cm³/mol. The number of halogens is 1. The first kappa shape index (κ1) is 14.9. The maximum absolute atomic E-state index is 12.6. The molecule has 4 heteroatoms. The largest absolute Gasteiger partial charge is 0.370 e. The lowest BCUT2D eigenvalue weighted by molar-refractivity contribution is 0.0827. The van der Waals surface area contributed by atoms with E-state index >= 15 is 0 Å². The summed E-state index contributed by atoms with van der Waals surface area (Å²) >= 11 is 0. The molecule has 23 heavy (non-hydrogen) atoms. The van der Waals surface area contributed by atoms with Crippen LogP contribution in [0.5, 0.6) is 0 Å². The molecule has 0 unspecified atom stereocenters. The molecule has 118 valence electrons. The van der Waals surface area contributed by atoms with Crippen LogP contribution in [0.3, 0.4) is 0 Å². The molecule has 3 nitrogen and oxygen atoms in total. The molecule has 0 bridgehead atoms. The van der Waals surface area contributed by atoms with Gasteiger partial charge in [0.25, 0.3) is 0 Å². The van der Waals surface area contributed by atoms with Crippen molar-refractivity contribution in [1.29, 1.82) is 0 Å². The standard InChI is InChI=1S/C19H18N2O.BrH/c1-20-9-12-10-21(11-18(12)20)13-6-7-15-14-4-2-3-5-16(14)19(22)17(15)8-13;/h2-8,12,18H,9-11H2,1H3;1H/t12-,18+;/m1./s1. The fraction of sp³-hybridized carbons (Fsp3) is 0.316. The summed E-state index contributed by atoms with van der Waals surface area (Å²) in [6.07, 6.45) is 0. The summed E-state index contributed by atoms with van der Waals surface area (Å²) in [5.74, 6) is 0.970. The van der Waals surface area contributed by atoms with E-state index in [0.717, 1.165) is 41.3 Å². The van der Waals surface area contributed by atoms with Gasteiger partial charge in [-0.2, -0.15) is 0 Å². The number of likely N-dealkylation sites (N-methyl/N-ethyl adjacent to an activating group) is 1. The summed E-state index contributed by atoms with van der Waals surface area (Å²) in [5, 5.41) is 0. The van der Waals surface area contributed by atoms with Crippen LogP contribution in [0.1, 0.15) is 15.9 Å². The van der Waals surface area contributed by atoms with E-state index in [9.17, 15) is 4.79 Å². The van der Waals surface area contributed by atoms with Gasteiger partial charge in [-0.25, -0.2) is 0 Å². The second kappa shape index (κ2) is 5.18. The highest BCUT2D eigenvalue weighted by Gasteiger charge is 2.43. The van der Waals surface area contributed by atoms with Gasteiger partial charge >= 0.3 is 0 Å². The van der Waals surface area contributed by atoms with Crippen LogP contribution >= 0.6 is 17.0 Å². The molecule has 0 spiro atoms. The van der Waals surface area contributed by atoms with E-state index in [4.69, 9.17) is 0 Å². The van der Waals surface area contributed by atoms with Crippen LogP contribution in [-0.2, 0) is 0 Å². The van der Waals surface area contributed by atoms with Crippen molar-refractivity contribution in [2.24, 2.45) is 5.92 Å². The predicted octanol–water partition coefficient (Wildman–Crippen LogP) is 3.23. The first-order valence-electron chi connectivity index (χ1n) is 7.96. The molecule has 0 aromatic heterocycles. The Hall–Kier alpha value is -1.65. The number of carbonyl (C=O) groups is 1. The molecule has 2 saturated heterocycles. The lowest BCUT2D eigenvalue weighted by Crippen LogP contribution is -2.52. The topological polar surface area (TPSA) is 23.6 Å². The Bertz CT molecular complexity index is 804. The van der Waals surface area contributed by atoms with E-state index in [1.807, 2.05) is 24.3 Å². The normalized spacial score (nSPS) is 24.6. The maximum Gasteiger partial charge on any atom is 0.194 e. The zero-order chi connectivity index (χ0) is 14.8. The van der Waals surface area contributed by atoms with Crippen molar-refractivity contribution in [1.82, 2.24) is 4.90 Å². The maximum atomic E-state index is 12.6. The van der Waals surface area contributed by atoms with Gasteiger partial charge in [-0.15, -0.1) is 17.0 Å². The van der Waals surface area contributed by atoms with Gasteiger partial charge in [0.2, 0.25) is 0 Å². The number of fused-ring (bicyclic) bond motifs is 4. The first-order valence-corrected chi connectivity index (χ1v) is 7.96. The van der Waals surface area contributed by atoms with E-state index < -0.39 is 0 Å². The van der Waals surface area contributed by atoms with Crippen LogP contribution in [0.2, 0.25) is 0 Å². The summed E-state index contributed by atoms with van der Waals surface area (Å²) in [6, 6.07) is 15.0. The van der Waals surface area contributed by atoms with Crippen molar-refractivity contribution >= 4 is 28.5 Å². The summed E-state index contributed by atoms with van der Waals surface area (Å²) in [5.41, 5.74) is 5.07. The summed E-state index contributed by atoms with van der Waals surface area (Å²) in [7, 11) is 2.20. The summed E-state index contributed by atoms with van der Waals surface area (Å²) < 4.78 is 0. The molecule has 3 aliphatic rings. The van der Waals surface area contributed by atoms with Crippen LogP contribution in [0, 0.1) is 5.92 Å². The minimum atomic E-state index is 0. The average molecular weight is 371 g/mol. The Morgan fingerprint density at radius 2 is 1.65 bits per heavy atom. The third kappa shape index (κ3) is 2.01. The van der Waals surface area contributed by atoms with Crippen molar-refractivity contribution in [3.8, 4) is 11.1 Å². The second-order valence-corrected chi connectivity index (χ2v) is 6.78. The molecule has 0 N–H and O–H groups in total. The van der Waals surface area contributed by atoms with Crippen molar-refractivity contribution in [2.45, 2.75) is 6.04 Å². The van der Waals surface area contributed by atoms with Gasteiger partial charge < -0.3 is 9.80 Å². The van der Waals surface area contributed by atoms with E-state index in [1.54, 1.807) is 0 Å². The lowest BCUT2D eigenvalue weighted by atomic mass is 9.93. The van der Waals surface area contributed by atoms with Crippen LogP contribution in [0.15, 0.2) is 42.5 Å². The molecule has 0 radical (unpaired) electrons. The SMILES string of the molecule is Br.CN1C[C@@H]2CN(c3ccc4c(c3)C(=O)c3ccccc3-4)C[C@@H]21. The summed E-state index contributed by atoms with van der Waals surface area (Å²) in [4.78, 5) is 17.5. The van der Waals surface area contributed by atoms with Gasteiger partial charge in [0.15, 0.2) is 5.78 Å². The van der Waals surface area contributed by atoms with Crippen LogP contribution in [0.4, 0.5) is 5.69 Å². The molecular weight excluding hydrogens is 352 g/mol. The molecule has 2 atom stereocenters. The van der Waals surface area contributed by atoms with Gasteiger partial charge in [-0.05, 0) is 30.3 Å². The fourth-order valence-corrected chi connectivity index (χ4v) is 4.32. The Morgan fingerprint density at radius 3 is 2.39 bits per heavy atom. The quantitative estimate of drug-likeness (QED) is 0.656. The molecule has 2 aromatic carbocycles. The van der Waals surface area contributed by atoms with Crippen LogP contribution in [-0.4, -0.2) is 43.4 Å². The van der Waals surface area contributed by atoms with Crippen molar-refractivity contribution in [2.75, 3.05) is 31.6 Å². The zero-order valence-electron chi connectivity index (χ0n) is 13.0. The second-order valence-electron chi connectivity index (χ2n) is 6.78. The van der Waals surface area contributed by atoms with E-state index in [2.05, 4.69) is 35.0 Å². The van der Waals surface area contributed by atoms with Gasteiger partial charge in [-0.3, -0.25) is 4.79 Å². The number of carbonyl (C=O) groups excluding carboxylic acids is 1. The molecule has 5 rings (SSSR count). The number of likely N-dealkylation sites (tertiary alicyclic amines) is 1. The molecule has 0 saturated carbocycles. The van der Waals surface area contributed by atoms with Crippen LogP contribution < -0.4 is 4.90 Å². The zero-order valence-corrected chi connectivity index (χ0v) is 14.7. The number of anilines is 1. The van der Waals surface area contributed by atoms with E-state index in [1.165, 1.54) is 12.2 Å². The van der Waals surface area contributed by atoms with Crippen molar-refractivity contribution in [3.05, 3.63) is 53.6 Å². The van der Waals surface area contributed by atoms with Crippen LogP contribution in [0.25, 0.3) is 11.1 Å². The minimum absolute atomic E-state index is 0. The molecule has 2 aromatic rings. The third-order valence-corrected chi connectivity index (χ3v) is 5.57. The smallest absolute Gasteiger partial charge is 0.194 e. The average Bonchev–Trinajstić information content (AvgIpc) is 3.04. The Kier molecular flexibility index (Phi) is 3.36. The number of ketones is 1. The fourth-order valence-electron chi connectivity index (χ4n) is 4.32. The first-order chi connectivity index (χ1) is 10.7. The third-order valence-electron chi connectivity index (χ3n) is 5.57.